The molecule has 168 valence electrons. The fourth-order valence-electron chi connectivity index (χ4n) is 3.69. The summed E-state index contributed by atoms with van der Waals surface area (Å²) in [5, 5.41) is 4.57. The Morgan fingerprint density at radius 2 is 2.03 bits per heavy atom. The van der Waals surface area contributed by atoms with Crippen molar-refractivity contribution in [1.82, 2.24) is 15.0 Å². The molecule has 0 aliphatic heterocycles. The lowest BCUT2D eigenvalue weighted by Gasteiger charge is -2.13. The van der Waals surface area contributed by atoms with Crippen molar-refractivity contribution < 1.29 is 4.79 Å². The number of pyridine rings is 3. The first-order valence-electron chi connectivity index (χ1n) is 11.2. The molecule has 0 bridgehead atoms. The minimum absolute atomic E-state index is 0.0117. The van der Waals surface area contributed by atoms with Gasteiger partial charge in [0.15, 0.2) is 0 Å². The highest BCUT2D eigenvalue weighted by Crippen LogP contribution is 2.38. The van der Waals surface area contributed by atoms with Crippen molar-refractivity contribution in [2.24, 2.45) is 5.92 Å². The van der Waals surface area contributed by atoms with Gasteiger partial charge in [-0.3, -0.25) is 9.78 Å². The third kappa shape index (κ3) is 5.13. The fraction of sp³-hybridized carbons (Fsp3) is 0.360. The van der Waals surface area contributed by atoms with Crippen molar-refractivity contribution in [2.45, 2.75) is 52.6 Å². The van der Waals surface area contributed by atoms with Crippen LogP contribution in [-0.4, -0.2) is 26.5 Å². The molecule has 3 N–H and O–H groups in total. The van der Waals surface area contributed by atoms with Crippen LogP contribution in [0.15, 0.2) is 36.8 Å². The molecule has 0 aromatic carbocycles. The molecule has 4 rings (SSSR count). The molecule has 1 aliphatic carbocycles. The summed E-state index contributed by atoms with van der Waals surface area (Å²) in [7, 11) is 2.70. The predicted molar refractivity (Wildman–Crippen MR) is 137 cm³/mol. The Morgan fingerprint density at radius 1 is 1.28 bits per heavy atom. The largest absolute Gasteiger partial charge is 0.383 e. The van der Waals surface area contributed by atoms with Gasteiger partial charge >= 0.3 is 0 Å². The molecule has 32 heavy (non-hydrogen) atoms. The Labute approximate surface area is 192 Å². The summed E-state index contributed by atoms with van der Waals surface area (Å²) in [4.78, 5) is 25.7. The second kappa shape index (κ2) is 10.6. The average molecular weight is 450 g/mol. The van der Waals surface area contributed by atoms with E-state index >= 15 is 0 Å². The molecular formula is C25H32N5OP. The topological polar surface area (TPSA) is 93.8 Å². The fourth-order valence-corrected chi connectivity index (χ4v) is 4.16. The molecule has 1 amide bonds. The number of hydrogen-bond donors (Lipinski definition) is 2. The number of carbonyl (C=O) groups is 1. The van der Waals surface area contributed by atoms with Crippen LogP contribution in [0, 0.1) is 5.92 Å². The summed E-state index contributed by atoms with van der Waals surface area (Å²) in [6.07, 6.45) is 12.3. The van der Waals surface area contributed by atoms with E-state index in [1.54, 1.807) is 6.20 Å². The number of anilines is 2. The second-order valence-electron chi connectivity index (χ2n) is 7.68. The third-order valence-electron chi connectivity index (χ3n) is 5.39. The zero-order valence-electron chi connectivity index (χ0n) is 19.2. The molecule has 0 radical (unpaired) electrons. The quantitative estimate of drug-likeness (QED) is 0.486. The second-order valence-corrected chi connectivity index (χ2v) is 8.54. The number of amides is 1. The predicted octanol–water partition coefficient (Wildman–Crippen LogP) is 5.49. The Morgan fingerprint density at radius 3 is 2.69 bits per heavy atom. The van der Waals surface area contributed by atoms with Crippen LogP contribution < -0.4 is 11.1 Å². The molecule has 0 spiro atoms. The van der Waals surface area contributed by atoms with Gasteiger partial charge in [0.2, 0.25) is 5.91 Å². The Balaban J connectivity index is 0.00000141. The van der Waals surface area contributed by atoms with E-state index in [1.165, 1.54) is 5.56 Å². The first-order chi connectivity index (χ1) is 15.5. The molecule has 3 atom stereocenters. The number of aromatic nitrogens is 3. The maximum Gasteiger partial charge on any atom is 0.229 e. The zero-order valence-corrected chi connectivity index (χ0v) is 20.4. The number of nitrogens with zero attached hydrogens (tertiary/aromatic N) is 3. The summed E-state index contributed by atoms with van der Waals surface area (Å²) in [5.74, 6) is 1.02. The van der Waals surface area contributed by atoms with E-state index in [2.05, 4.69) is 42.5 Å². The lowest BCUT2D eigenvalue weighted by atomic mass is 9.96. The molecule has 1 fully saturated rings. The van der Waals surface area contributed by atoms with E-state index < -0.39 is 0 Å². The number of nitrogen functional groups attached to an aromatic ring is 1. The number of rotatable bonds is 6. The molecule has 1 aliphatic rings. The first kappa shape index (κ1) is 23.8. The van der Waals surface area contributed by atoms with Crippen LogP contribution in [0.5, 0.6) is 0 Å². The minimum atomic E-state index is 0.0117. The van der Waals surface area contributed by atoms with E-state index in [-0.39, 0.29) is 11.8 Å². The van der Waals surface area contributed by atoms with Crippen molar-refractivity contribution >= 4 is 43.6 Å². The van der Waals surface area contributed by atoms with Crippen molar-refractivity contribution in [3.8, 4) is 11.3 Å². The van der Waals surface area contributed by atoms with Crippen LogP contribution in [0.25, 0.3) is 28.1 Å². The normalized spacial score (nSPS) is 17.2. The van der Waals surface area contributed by atoms with E-state index in [4.69, 9.17) is 5.73 Å². The van der Waals surface area contributed by atoms with Gasteiger partial charge in [-0.15, -0.1) is 9.24 Å². The van der Waals surface area contributed by atoms with Crippen molar-refractivity contribution in [1.29, 1.82) is 0 Å². The molecule has 6 nitrogen and oxygen atoms in total. The van der Waals surface area contributed by atoms with Crippen LogP contribution in [0.4, 0.5) is 11.6 Å². The SMILES string of the molecule is C/C=C\c1cncc(-c2cc3cc(NC(=O)C4CC4P)ncc3c(N)n2)c1CCC.CC. The maximum atomic E-state index is 12.3. The minimum Gasteiger partial charge on any atom is -0.383 e. The van der Waals surface area contributed by atoms with Crippen LogP contribution in [0.2, 0.25) is 0 Å². The van der Waals surface area contributed by atoms with Gasteiger partial charge in [0.05, 0.1) is 5.69 Å². The highest BCUT2D eigenvalue weighted by molar-refractivity contribution is 7.18. The average Bonchev–Trinajstić information content (AvgIpc) is 3.53. The first-order valence-corrected chi connectivity index (χ1v) is 11.9. The number of hydrogen-bond acceptors (Lipinski definition) is 5. The lowest BCUT2D eigenvalue weighted by Crippen LogP contribution is -2.15. The van der Waals surface area contributed by atoms with Gasteiger partial charge < -0.3 is 11.1 Å². The molecular weight excluding hydrogens is 417 g/mol. The smallest absolute Gasteiger partial charge is 0.229 e. The van der Waals surface area contributed by atoms with E-state index in [0.717, 1.165) is 46.9 Å². The van der Waals surface area contributed by atoms with Crippen LogP contribution >= 0.6 is 9.24 Å². The number of nitrogens with two attached hydrogens (primary N) is 1. The molecule has 3 aromatic heterocycles. The standard InChI is InChI=1S/C23H26N5OP.C2H6/c1-3-5-13-10-25-11-18(15(13)6-4-2)19-7-14-8-21(26-12-17(14)22(24)27-19)28-23(29)16-9-20(16)30;1-2/h3,5,7-8,10-12,16,20H,4,6,9,30H2,1-2H3,(H2,24,27)(H,26,28,29);1-2H3/b5-3-;. The van der Waals surface area contributed by atoms with Crippen LogP contribution in [0.3, 0.4) is 0 Å². The monoisotopic (exact) mass is 449 g/mol. The Hall–Kier alpha value is -2.85. The maximum absolute atomic E-state index is 12.3. The van der Waals surface area contributed by atoms with Gasteiger partial charge in [-0.25, -0.2) is 9.97 Å². The summed E-state index contributed by atoms with van der Waals surface area (Å²) in [5.41, 5.74) is 10.7. The molecule has 7 heteroatoms. The van der Waals surface area contributed by atoms with Crippen molar-refractivity contribution in [2.75, 3.05) is 11.1 Å². The Bertz CT molecular complexity index is 1140. The van der Waals surface area contributed by atoms with Gasteiger partial charge in [-0.2, -0.15) is 0 Å². The summed E-state index contributed by atoms with van der Waals surface area (Å²) >= 11 is 0. The number of nitrogens with one attached hydrogen (secondary N) is 1. The van der Waals surface area contributed by atoms with Gasteiger partial charge in [0.1, 0.15) is 11.6 Å². The zero-order chi connectivity index (χ0) is 23.3. The van der Waals surface area contributed by atoms with Gasteiger partial charge in [-0.05, 0) is 54.1 Å². The van der Waals surface area contributed by atoms with E-state index in [0.29, 0.717) is 17.3 Å². The molecule has 0 saturated heterocycles. The van der Waals surface area contributed by atoms with E-state index in [9.17, 15) is 4.79 Å². The third-order valence-corrected chi connectivity index (χ3v) is 6.12. The van der Waals surface area contributed by atoms with Crippen molar-refractivity contribution in [3.05, 3.63) is 47.9 Å². The highest BCUT2D eigenvalue weighted by Gasteiger charge is 2.39. The molecule has 3 heterocycles. The summed E-state index contributed by atoms with van der Waals surface area (Å²) in [6, 6.07) is 3.85. The van der Waals surface area contributed by atoms with Gasteiger partial charge in [0.25, 0.3) is 0 Å². The summed E-state index contributed by atoms with van der Waals surface area (Å²) < 4.78 is 0. The van der Waals surface area contributed by atoms with Gasteiger partial charge in [0, 0.05) is 35.5 Å². The Kier molecular flexibility index (Phi) is 7.92. The number of carbonyl (C=O) groups excluding carboxylic acids is 1. The molecule has 3 aromatic rings. The number of allylic oxidation sites excluding steroid dienone is 1. The van der Waals surface area contributed by atoms with Gasteiger partial charge in [-0.1, -0.05) is 39.3 Å². The molecule has 3 unspecified atom stereocenters. The van der Waals surface area contributed by atoms with Crippen molar-refractivity contribution in [3.63, 3.8) is 0 Å². The van der Waals surface area contributed by atoms with E-state index in [1.807, 2.05) is 51.4 Å². The van der Waals surface area contributed by atoms with Crippen LogP contribution in [0.1, 0.15) is 51.7 Å². The van der Waals surface area contributed by atoms with Crippen LogP contribution in [-0.2, 0) is 11.2 Å². The lowest BCUT2D eigenvalue weighted by molar-refractivity contribution is -0.117. The highest BCUT2D eigenvalue weighted by atomic mass is 31.0. The summed E-state index contributed by atoms with van der Waals surface area (Å²) in [6.45, 7) is 8.16. The number of fused-ring (bicyclic) bond motifs is 1. The molecule has 1 saturated carbocycles.